The Balaban J connectivity index is 2.70. The van der Waals surface area contributed by atoms with Crippen molar-refractivity contribution >= 4 is 11.5 Å². The second-order valence-electron chi connectivity index (χ2n) is 4.35. The number of carboxylic acids is 1. The molecular weight excluding hydrogens is 285 g/mol. The third-order valence-electron chi connectivity index (χ3n) is 2.96. The summed E-state index contributed by atoms with van der Waals surface area (Å²) in [4.78, 5) is 11.4. The molecular formula is C16H14FN3O2. The van der Waals surface area contributed by atoms with Gasteiger partial charge in [-0.15, -0.1) is 0 Å². The van der Waals surface area contributed by atoms with E-state index in [-0.39, 0.29) is 11.5 Å². The zero-order chi connectivity index (χ0) is 16.1. The fourth-order valence-corrected chi connectivity index (χ4v) is 2.05. The fourth-order valence-electron chi connectivity index (χ4n) is 2.05. The van der Waals surface area contributed by atoms with Gasteiger partial charge in [-0.3, -0.25) is 5.10 Å². The highest BCUT2D eigenvalue weighted by atomic mass is 19.1. The minimum absolute atomic E-state index is 0.0782. The van der Waals surface area contributed by atoms with Crippen LogP contribution in [-0.2, 0) is 0 Å². The summed E-state index contributed by atoms with van der Waals surface area (Å²) in [5.41, 5.74) is 7.21. The number of hydrogen-bond donors (Lipinski definition) is 3. The molecule has 0 saturated carbocycles. The van der Waals surface area contributed by atoms with Crippen molar-refractivity contribution in [2.75, 3.05) is 0 Å². The Hall–Kier alpha value is -3.15. The lowest BCUT2D eigenvalue weighted by Gasteiger charge is -2.05. The van der Waals surface area contributed by atoms with Crippen LogP contribution >= 0.6 is 0 Å². The molecule has 1 aromatic heterocycles. The van der Waals surface area contributed by atoms with Crippen LogP contribution < -0.4 is 5.73 Å². The summed E-state index contributed by atoms with van der Waals surface area (Å²) >= 11 is 0. The van der Waals surface area contributed by atoms with Crippen LogP contribution in [0.3, 0.4) is 0 Å². The number of carboxylic acid groups (broad SMARTS) is 1. The molecule has 0 unspecified atom stereocenters. The van der Waals surface area contributed by atoms with Gasteiger partial charge < -0.3 is 10.8 Å². The molecule has 1 aromatic carbocycles. The zero-order valence-corrected chi connectivity index (χ0v) is 11.6. The molecule has 0 saturated heterocycles. The summed E-state index contributed by atoms with van der Waals surface area (Å²) in [7, 11) is 0. The van der Waals surface area contributed by atoms with Crippen LogP contribution in [0.2, 0.25) is 0 Å². The highest BCUT2D eigenvalue weighted by molar-refractivity contribution is 5.98. The quantitative estimate of drug-likeness (QED) is 0.740. The number of allylic oxidation sites excluding steroid dienone is 4. The van der Waals surface area contributed by atoms with Crippen LogP contribution in [0.15, 0.2) is 55.3 Å². The maximum absolute atomic E-state index is 13.1. The Morgan fingerprint density at radius 1 is 1.36 bits per heavy atom. The van der Waals surface area contributed by atoms with Crippen molar-refractivity contribution < 1.29 is 14.3 Å². The van der Waals surface area contributed by atoms with E-state index >= 15 is 0 Å². The van der Waals surface area contributed by atoms with Gasteiger partial charge in [0.15, 0.2) is 5.69 Å². The minimum Gasteiger partial charge on any atom is -0.477 e. The van der Waals surface area contributed by atoms with Crippen LogP contribution in [0.25, 0.3) is 16.8 Å². The van der Waals surface area contributed by atoms with Crippen LogP contribution in [0, 0.1) is 5.82 Å². The predicted octanol–water partition coefficient (Wildman–Crippen LogP) is 2.96. The topological polar surface area (TPSA) is 92.0 Å². The zero-order valence-electron chi connectivity index (χ0n) is 11.6. The Labute approximate surface area is 126 Å². The molecule has 0 atom stereocenters. The highest BCUT2D eigenvalue weighted by Crippen LogP contribution is 2.31. The molecule has 0 spiro atoms. The molecule has 0 bridgehead atoms. The van der Waals surface area contributed by atoms with Crippen LogP contribution in [0.4, 0.5) is 4.39 Å². The number of aromatic nitrogens is 2. The van der Waals surface area contributed by atoms with Gasteiger partial charge >= 0.3 is 5.97 Å². The van der Waals surface area contributed by atoms with Gasteiger partial charge in [0.2, 0.25) is 0 Å². The molecule has 0 amide bonds. The average Bonchev–Trinajstić information content (AvgIpc) is 2.92. The number of carbonyl (C=O) groups is 1. The molecule has 0 radical (unpaired) electrons. The number of benzene rings is 1. The number of nitrogens with one attached hydrogen (secondary N) is 1. The lowest BCUT2D eigenvalue weighted by molar-refractivity contribution is 0.0690. The Kier molecular flexibility index (Phi) is 4.53. The van der Waals surface area contributed by atoms with Crippen LogP contribution in [0.5, 0.6) is 0 Å². The van der Waals surface area contributed by atoms with Crippen LogP contribution in [-0.4, -0.2) is 21.3 Å². The van der Waals surface area contributed by atoms with Gasteiger partial charge in [-0.1, -0.05) is 18.7 Å². The number of nitrogens with zero attached hydrogens (tertiary/aromatic N) is 1. The van der Waals surface area contributed by atoms with E-state index in [4.69, 9.17) is 5.73 Å². The number of halogens is 1. The number of hydrogen-bond acceptors (Lipinski definition) is 3. The van der Waals surface area contributed by atoms with E-state index in [1.54, 1.807) is 12.2 Å². The number of rotatable bonds is 5. The molecule has 0 aliphatic heterocycles. The van der Waals surface area contributed by atoms with Gasteiger partial charge in [-0.2, -0.15) is 5.10 Å². The highest BCUT2D eigenvalue weighted by Gasteiger charge is 2.21. The van der Waals surface area contributed by atoms with Crippen molar-refractivity contribution in [3.8, 4) is 11.3 Å². The normalized spacial score (nSPS) is 11.8. The van der Waals surface area contributed by atoms with E-state index in [9.17, 15) is 14.3 Å². The van der Waals surface area contributed by atoms with E-state index in [1.165, 1.54) is 36.5 Å². The first-order chi connectivity index (χ1) is 10.6. The largest absolute Gasteiger partial charge is 0.477 e. The minimum atomic E-state index is -1.16. The maximum atomic E-state index is 13.1. The Morgan fingerprint density at radius 2 is 2.05 bits per heavy atom. The first-order valence-corrected chi connectivity index (χ1v) is 6.37. The molecule has 4 N–H and O–H groups in total. The van der Waals surface area contributed by atoms with Gasteiger partial charge in [0.25, 0.3) is 0 Å². The van der Waals surface area contributed by atoms with E-state index < -0.39 is 5.97 Å². The van der Waals surface area contributed by atoms with E-state index in [1.807, 2.05) is 0 Å². The summed E-state index contributed by atoms with van der Waals surface area (Å²) in [6.07, 6.45) is 5.98. The summed E-state index contributed by atoms with van der Waals surface area (Å²) in [6, 6.07) is 5.62. The molecule has 2 aromatic rings. The van der Waals surface area contributed by atoms with Gasteiger partial charge in [0, 0.05) is 11.1 Å². The molecule has 22 heavy (non-hydrogen) atoms. The summed E-state index contributed by atoms with van der Waals surface area (Å²) in [5.74, 6) is -1.54. The smallest absolute Gasteiger partial charge is 0.354 e. The van der Waals surface area contributed by atoms with Crippen molar-refractivity contribution in [2.24, 2.45) is 5.73 Å². The number of nitrogens with two attached hydrogens (primary N) is 1. The van der Waals surface area contributed by atoms with E-state index in [2.05, 4.69) is 16.8 Å². The predicted molar refractivity (Wildman–Crippen MR) is 82.4 cm³/mol. The number of H-pyrrole nitrogens is 1. The summed E-state index contributed by atoms with van der Waals surface area (Å²) < 4.78 is 13.1. The first-order valence-electron chi connectivity index (χ1n) is 6.37. The SMILES string of the molecule is C=C/C=C(\C=C/N)c1c(-c2ccc(F)cc2)n[nH]c1C(=O)O. The fraction of sp³-hybridized carbons (Fsp3) is 0. The average molecular weight is 299 g/mol. The molecule has 0 aliphatic rings. The molecule has 0 fully saturated rings. The van der Waals surface area contributed by atoms with Gasteiger partial charge in [-0.05, 0) is 42.1 Å². The van der Waals surface area contributed by atoms with Gasteiger partial charge in [0.1, 0.15) is 11.5 Å². The number of aromatic amines is 1. The second-order valence-corrected chi connectivity index (χ2v) is 4.35. The van der Waals surface area contributed by atoms with Crippen LogP contribution in [0.1, 0.15) is 16.1 Å². The first kappa shape index (κ1) is 15.2. The molecule has 5 nitrogen and oxygen atoms in total. The second kappa shape index (κ2) is 6.53. The molecule has 0 aliphatic carbocycles. The lowest BCUT2D eigenvalue weighted by atomic mass is 9.98. The monoisotopic (exact) mass is 299 g/mol. The number of aromatic carboxylic acids is 1. The van der Waals surface area contributed by atoms with Gasteiger partial charge in [0.05, 0.1) is 0 Å². The van der Waals surface area contributed by atoms with E-state index in [0.717, 1.165) is 0 Å². The Morgan fingerprint density at radius 3 is 2.59 bits per heavy atom. The van der Waals surface area contributed by atoms with Crippen molar-refractivity contribution in [1.82, 2.24) is 10.2 Å². The van der Waals surface area contributed by atoms with Crippen molar-refractivity contribution in [3.05, 3.63) is 72.3 Å². The third kappa shape index (κ3) is 2.95. The summed E-state index contributed by atoms with van der Waals surface area (Å²) in [6.45, 7) is 3.60. The van der Waals surface area contributed by atoms with Crippen molar-refractivity contribution in [1.29, 1.82) is 0 Å². The lowest BCUT2D eigenvalue weighted by Crippen LogP contribution is -2.01. The van der Waals surface area contributed by atoms with Crippen molar-refractivity contribution in [2.45, 2.75) is 0 Å². The molecule has 1 heterocycles. The van der Waals surface area contributed by atoms with Gasteiger partial charge in [-0.25, -0.2) is 9.18 Å². The van der Waals surface area contributed by atoms with E-state index in [0.29, 0.717) is 22.4 Å². The molecule has 112 valence electrons. The standard InChI is InChI=1S/C16H14FN3O2/c1-2-3-10(8-9-18)13-14(19-20-15(13)16(21)22)11-4-6-12(17)7-5-11/h2-9H,1,18H2,(H,19,20)(H,21,22)/b9-8-,10-3+. The summed E-state index contributed by atoms with van der Waals surface area (Å²) in [5, 5.41) is 15.9. The third-order valence-corrected chi connectivity index (χ3v) is 2.96. The Bertz CT molecular complexity index is 758. The molecule has 6 heteroatoms. The van der Waals surface area contributed by atoms with Crippen molar-refractivity contribution in [3.63, 3.8) is 0 Å². The maximum Gasteiger partial charge on any atom is 0.354 e. The molecule has 2 rings (SSSR count).